The fourth-order valence-corrected chi connectivity index (χ4v) is 4.09. The van der Waals surface area contributed by atoms with Crippen LogP contribution in [0.5, 0.6) is 5.88 Å². The monoisotopic (exact) mass is 416 g/mol. The summed E-state index contributed by atoms with van der Waals surface area (Å²) < 4.78 is 49.1. The van der Waals surface area contributed by atoms with Gasteiger partial charge in [0.25, 0.3) is 0 Å². The summed E-state index contributed by atoms with van der Waals surface area (Å²) in [7, 11) is 0. The summed E-state index contributed by atoms with van der Waals surface area (Å²) in [4.78, 5) is 7.31. The number of halogens is 3. The van der Waals surface area contributed by atoms with E-state index in [1.165, 1.54) is 6.20 Å². The molecular formula is C19H27F3N4OS. The highest BCUT2D eigenvalue weighted by atomic mass is 32.2. The maximum Gasteiger partial charge on any atom is 0.422 e. The van der Waals surface area contributed by atoms with Crippen molar-refractivity contribution in [1.29, 1.82) is 0 Å². The first-order valence-electron chi connectivity index (χ1n) is 9.46. The Hall–Kier alpha value is -1.45. The van der Waals surface area contributed by atoms with Crippen LogP contribution in [0.3, 0.4) is 0 Å². The van der Waals surface area contributed by atoms with Gasteiger partial charge in [-0.2, -0.15) is 13.2 Å². The zero-order chi connectivity index (χ0) is 20.4. The van der Waals surface area contributed by atoms with E-state index < -0.39 is 12.8 Å². The third-order valence-corrected chi connectivity index (χ3v) is 5.82. The van der Waals surface area contributed by atoms with Crippen LogP contribution in [0.15, 0.2) is 18.3 Å². The fraction of sp³-hybridized carbons (Fsp3) is 0.632. The first-order valence-corrected chi connectivity index (χ1v) is 10.3. The number of nitrogens with one attached hydrogen (secondary N) is 3. The number of H-pyrrole nitrogens is 1. The van der Waals surface area contributed by atoms with E-state index in [9.17, 15) is 13.2 Å². The zero-order valence-corrected chi connectivity index (χ0v) is 17.1. The molecule has 0 spiro atoms. The van der Waals surface area contributed by atoms with Crippen LogP contribution in [0.25, 0.3) is 10.9 Å². The molecule has 1 saturated carbocycles. The number of pyridine rings is 1. The summed E-state index contributed by atoms with van der Waals surface area (Å²) in [6.07, 6.45) is 1.23. The molecule has 0 radical (unpaired) electrons. The molecule has 5 nitrogen and oxygen atoms in total. The summed E-state index contributed by atoms with van der Waals surface area (Å²) in [5.41, 5.74) is 1.85. The van der Waals surface area contributed by atoms with Gasteiger partial charge in [-0.3, -0.25) is 0 Å². The van der Waals surface area contributed by atoms with Crippen molar-refractivity contribution in [1.82, 2.24) is 19.4 Å². The van der Waals surface area contributed by atoms with Gasteiger partial charge < -0.3 is 9.72 Å². The Morgan fingerprint density at radius 1 is 1.21 bits per heavy atom. The fourth-order valence-electron chi connectivity index (χ4n) is 3.32. The first kappa shape index (κ1) is 21.3. The lowest BCUT2D eigenvalue weighted by Gasteiger charge is -2.29. The second-order valence-electron chi connectivity index (χ2n) is 8.33. The van der Waals surface area contributed by atoms with Gasteiger partial charge in [0.2, 0.25) is 5.88 Å². The van der Waals surface area contributed by atoms with Crippen LogP contribution in [0, 0.1) is 0 Å². The maximum atomic E-state index is 12.5. The summed E-state index contributed by atoms with van der Waals surface area (Å²) in [5, 5.41) is 0.604. The Morgan fingerprint density at radius 3 is 2.57 bits per heavy atom. The van der Waals surface area contributed by atoms with Gasteiger partial charge in [-0.15, -0.1) is 0 Å². The van der Waals surface area contributed by atoms with Crippen LogP contribution < -0.4 is 14.2 Å². The molecule has 2 heterocycles. The van der Waals surface area contributed by atoms with Crippen LogP contribution in [-0.2, 0) is 0 Å². The number of aromatic amines is 1. The van der Waals surface area contributed by atoms with E-state index >= 15 is 0 Å². The predicted molar refractivity (Wildman–Crippen MR) is 106 cm³/mol. The van der Waals surface area contributed by atoms with Gasteiger partial charge >= 0.3 is 6.18 Å². The Kier molecular flexibility index (Phi) is 6.46. The molecule has 2 aromatic heterocycles. The van der Waals surface area contributed by atoms with E-state index in [2.05, 4.69) is 40.2 Å². The molecule has 2 aromatic rings. The minimum Gasteiger partial charge on any atom is -0.468 e. The van der Waals surface area contributed by atoms with Crippen molar-refractivity contribution >= 4 is 23.0 Å². The van der Waals surface area contributed by atoms with Crippen molar-refractivity contribution in [3.8, 4) is 5.88 Å². The Labute approximate surface area is 167 Å². The summed E-state index contributed by atoms with van der Waals surface area (Å²) in [6.45, 7) is 5.03. The summed E-state index contributed by atoms with van der Waals surface area (Å²) >= 11 is 1.55. The number of alkyl halides is 3. The number of hydrogen-bond acceptors (Lipinski definition) is 5. The molecular weight excluding hydrogens is 389 g/mol. The van der Waals surface area contributed by atoms with Crippen molar-refractivity contribution < 1.29 is 17.9 Å². The van der Waals surface area contributed by atoms with E-state index in [1.54, 1.807) is 18.2 Å². The zero-order valence-electron chi connectivity index (χ0n) is 16.3. The smallest absolute Gasteiger partial charge is 0.422 e. The third-order valence-electron chi connectivity index (χ3n) is 4.65. The molecule has 156 valence electrons. The van der Waals surface area contributed by atoms with Gasteiger partial charge in [0.15, 0.2) is 6.61 Å². The predicted octanol–water partition coefficient (Wildman–Crippen LogP) is 5.07. The molecule has 9 heteroatoms. The minimum absolute atomic E-state index is 0.0253. The van der Waals surface area contributed by atoms with E-state index in [4.69, 9.17) is 4.74 Å². The summed E-state index contributed by atoms with van der Waals surface area (Å²) in [5.74, 6) is 0.388. The Balaban J connectivity index is 1.59. The van der Waals surface area contributed by atoms with Crippen LogP contribution in [-0.4, -0.2) is 34.3 Å². The third kappa shape index (κ3) is 6.02. The highest BCUT2D eigenvalue weighted by Crippen LogP contribution is 2.36. The van der Waals surface area contributed by atoms with E-state index in [0.717, 1.165) is 36.9 Å². The second kappa shape index (κ2) is 8.51. The van der Waals surface area contributed by atoms with Crippen molar-refractivity contribution in [3.63, 3.8) is 0 Å². The lowest BCUT2D eigenvalue weighted by atomic mass is 9.84. The average Bonchev–Trinajstić information content (AvgIpc) is 3.03. The molecule has 0 bridgehead atoms. The molecule has 0 amide bonds. The lowest BCUT2D eigenvalue weighted by Crippen LogP contribution is -2.36. The van der Waals surface area contributed by atoms with Gasteiger partial charge in [-0.05, 0) is 64.5 Å². The number of rotatable bonds is 6. The first-order chi connectivity index (χ1) is 13.1. The van der Waals surface area contributed by atoms with Gasteiger partial charge in [-0.1, -0.05) is 0 Å². The lowest BCUT2D eigenvalue weighted by molar-refractivity contribution is -0.153. The largest absolute Gasteiger partial charge is 0.468 e. The number of aromatic nitrogens is 2. The van der Waals surface area contributed by atoms with Gasteiger partial charge in [-0.25, -0.2) is 14.4 Å². The normalized spacial score (nSPS) is 21.2. The van der Waals surface area contributed by atoms with E-state index in [1.807, 2.05) is 6.07 Å². The van der Waals surface area contributed by atoms with Gasteiger partial charge in [0.05, 0.1) is 10.9 Å². The van der Waals surface area contributed by atoms with Crippen molar-refractivity contribution in [2.45, 2.75) is 70.1 Å². The molecule has 0 aliphatic heterocycles. The molecule has 28 heavy (non-hydrogen) atoms. The van der Waals surface area contributed by atoms with Crippen molar-refractivity contribution in [2.75, 3.05) is 6.61 Å². The number of fused-ring (bicyclic) bond motifs is 1. The number of hydrogen-bond donors (Lipinski definition) is 3. The molecule has 0 saturated heterocycles. The van der Waals surface area contributed by atoms with Gasteiger partial charge in [0.1, 0.15) is 0 Å². The minimum atomic E-state index is -4.38. The van der Waals surface area contributed by atoms with Crippen molar-refractivity contribution in [3.05, 3.63) is 24.0 Å². The standard InChI is InChI=1S/C19H27F3N4OS/c1-18(2,3)26-28-25-13-6-4-12(5-7-13)16-10-14-15(24-16)8-9-23-17(14)27-11-19(20,21)22/h8-10,12-13,24-26H,4-7,11H2,1-3H3. The van der Waals surface area contributed by atoms with Crippen LogP contribution in [0.2, 0.25) is 0 Å². The van der Waals surface area contributed by atoms with Crippen molar-refractivity contribution in [2.24, 2.45) is 0 Å². The van der Waals surface area contributed by atoms with Crippen LogP contribution in [0.1, 0.15) is 58.1 Å². The molecule has 1 aliphatic carbocycles. The number of nitrogens with zero attached hydrogens (tertiary/aromatic N) is 1. The maximum absolute atomic E-state index is 12.5. The Morgan fingerprint density at radius 2 is 1.93 bits per heavy atom. The van der Waals surface area contributed by atoms with Crippen LogP contribution in [0.4, 0.5) is 13.2 Å². The summed E-state index contributed by atoms with van der Waals surface area (Å²) in [6, 6.07) is 4.11. The quantitative estimate of drug-likeness (QED) is 0.574. The van der Waals surface area contributed by atoms with Gasteiger partial charge in [0, 0.05) is 35.6 Å². The SMILES string of the molecule is CC(C)(C)NSNC1CCC(c2cc3c(OCC(F)(F)F)nccc3[nH]2)CC1. The molecule has 0 atom stereocenters. The Bertz CT molecular complexity index is 780. The second-order valence-corrected chi connectivity index (χ2v) is 8.97. The highest BCUT2D eigenvalue weighted by Gasteiger charge is 2.29. The molecule has 0 unspecified atom stereocenters. The highest BCUT2D eigenvalue weighted by molar-refractivity contribution is 7.95. The topological polar surface area (TPSA) is 62.0 Å². The molecule has 3 N–H and O–H groups in total. The molecule has 3 rings (SSSR count). The molecule has 1 aliphatic rings. The average molecular weight is 417 g/mol. The van der Waals surface area contributed by atoms with Crippen LogP contribution >= 0.6 is 12.1 Å². The number of ether oxygens (including phenoxy) is 1. The molecule has 0 aromatic carbocycles. The van der Waals surface area contributed by atoms with E-state index in [-0.39, 0.29) is 11.4 Å². The molecule has 1 fully saturated rings. The van der Waals surface area contributed by atoms with E-state index in [0.29, 0.717) is 17.3 Å².